The van der Waals surface area contributed by atoms with Gasteiger partial charge in [0.2, 0.25) is 11.2 Å². The van der Waals surface area contributed by atoms with E-state index in [-0.39, 0.29) is 11.2 Å². The summed E-state index contributed by atoms with van der Waals surface area (Å²) in [4.78, 5) is 8.34. The molecule has 0 amide bonds. The lowest BCUT2D eigenvalue weighted by molar-refractivity contribution is 0.461. The largest absolute Gasteiger partial charge is 0.438 e. The number of rotatable bonds is 3. The highest BCUT2D eigenvalue weighted by atomic mass is 35.5. The average Bonchev–Trinajstić information content (AvgIpc) is 3.25. The van der Waals surface area contributed by atoms with E-state index in [4.69, 9.17) is 21.6 Å². The molecule has 1 aromatic carbocycles. The van der Waals surface area contributed by atoms with Gasteiger partial charge in [-0.1, -0.05) is 12.1 Å². The standard InChI is InChI=1S/C18H16ClN5O/c1-9-4-11(13-6-12(13)7-20)5-10(2)15(9)25-17-14-8-24(3)23-16(14)21-18(19)22-17/h4-5,8,12-13H,6H2,1-3H3. The van der Waals surface area contributed by atoms with Crippen LogP contribution in [-0.4, -0.2) is 19.7 Å². The smallest absolute Gasteiger partial charge is 0.234 e. The first kappa shape index (κ1) is 15.9. The molecule has 126 valence electrons. The minimum Gasteiger partial charge on any atom is -0.438 e. The van der Waals surface area contributed by atoms with Crippen LogP contribution in [0.5, 0.6) is 11.6 Å². The summed E-state index contributed by atoms with van der Waals surface area (Å²) < 4.78 is 7.76. The predicted molar refractivity (Wildman–Crippen MR) is 93.8 cm³/mol. The molecule has 1 aliphatic carbocycles. The highest BCUT2D eigenvalue weighted by molar-refractivity contribution is 6.28. The fourth-order valence-electron chi connectivity index (χ4n) is 3.21. The summed E-state index contributed by atoms with van der Waals surface area (Å²) in [5.41, 5.74) is 3.70. The highest BCUT2D eigenvalue weighted by Gasteiger charge is 2.38. The third-order valence-corrected chi connectivity index (χ3v) is 4.67. The van der Waals surface area contributed by atoms with Crippen molar-refractivity contribution in [1.82, 2.24) is 19.7 Å². The third-order valence-electron chi connectivity index (χ3n) is 4.50. The van der Waals surface area contributed by atoms with E-state index >= 15 is 0 Å². The first-order valence-corrected chi connectivity index (χ1v) is 8.39. The molecule has 2 aromatic heterocycles. The van der Waals surface area contributed by atoms with Crippen LogP contribution >= 0.6 is 11.6 Å². The van der Waals surface area contributed by atoms with Crippen molar-refractivity contribution in [1.29, 1.82) is 5.26 Å². The van der Waals surface area contributed by atoms with Gasteiger partial charge in [0, 0.05) is 19.2 Å². The monoisotopic (exact) mass is 353 g/mol. The molecule has 6 nitrogen and oxygen atoms in total. The number of hydrogen-bond donors (Lipinski definition) is 0. The fourth-order valence-corrected chi connectivity index (χ4v) is 3.36. The Morgan fingerprint density at radius 1 is 1.28 bits per heavy atom. The van der Waals surface area contributed by atoms with E-state index in [0.717, 1.165) is 23.3 Å². The number of hydrogen-bond acceptors (Lipinski definition) is 5. The van der Waals surface area contributed by atoms with Crippen LogP contribution in [0.3, 0.4) is 0 Å². The summed E-state index contributed by atoms with van der Waals surface area (Å²) >= 11 is 6.00. The number of nitriles is 1. The summed E-state index contributed by atoms with van der Waals surface area (Å²) in [6.07, 6.45) is 2.75. The zero-order valence-corrected chi connectivity index (χ0v) is 14.9. The molecule has 0 spiro atoms. The Bertz CT molecular complexity index is 1010. The summed E-state index contributed by atoms with van der Waals surface area (Å²) in [6.45, 7) is 4.00. The van der Waals surface area contributed by atoms with Gasteiger partial charge >= 0.3 is 0 Å². The molecule has 0 N–H and O–H groups in total. The van der Waals surface area contributed by atoms with Crippen molar-refractivity contribution in [3.05, 3.63) is 40.3 Å². The predicted octanol–water partition coefficient (Wildman–Crippen LogP) is 4.05. The number of benzene rings is 1. The quantitative estimate of drug-likeness (QED) is 0.664. The van der Waals surface area contributed by atoms with Gasteiger partial charge in [-0.3, -0.25) is 4.68 Å². The summed E-state index contributed by atoms with van der Waals surface area (Å²) in [5, 5.41) is 14.1. The van der Waals surface area contributed by atoms with E-state index in [2.05, 4.69) is 33.3 Å². The van der Waals surface area contributed by atoms with Crippen LogP contribution in [0.25, 0.3) is 11.0 Å². The number of aromatic nitrogens is 4. The number of aryl methyl sites for hydroxylation is 3. The maximum atomic E-state index is 9.05. The first-order chi connectivity index (χ1) is 12.0. The molecule has 0 saturated heterocycles. The first-order valence-electron chi connectivity index (χ1n) is 8.01. The van der Waals surface area contributed by atoms with Crippen molar-refractivity contribution in [2.24, 2.45) is 13.0 Å². The second-order valence-electron chi connectivity index (χ2n) is 6.50. The van der Waals surface area contributed by atoms with Crippen molar-refractivity contribution < 1.29 is 4.74 Å². The Morgan fingerprint density at radius 2 is 2.00 bits per heavy atom. The van der Waals surface area contributed by atoms with Gasteiger partial charge in [-0.05, 0) is 48.6 Å². The second-order valence-corrected chi connectivity index (χ2v) is 6.84. The van der Waals surface area contributed by atoms with Gasteiger partial charge in [-0.25, -0.2) is 0 Å². The van der Waals surface area contributed by atoms with Gasteiger partial charge in [-0.2, -0.15) is 20.3 Å². The summed E-state index contributed by atoms with van der Waals surface area (Å²) in [5.74, 6) is 1.62. The molecule has 0 radical (unpaired) electrons. The molecule has 1 aliphatic rings. The molecular weight excluding hydrogens is 338 g/mol. The lowest BCUT2D eigenvalue weighted by atomic mass is 10.0. The molecule has 2 atom stereocenters. The molecule has 1 fully saturated rings. The highest BCUT2D eigenvalue weighted by Crippen LogP contribution is 2.48. The Hall–Kier alpha value is -2.65. The van der Waals surface area contributed by atoms with Crippen molar-refractivity contribution in [2.45, 2.75) is 26.2 Å². The second kappa shape index (κ2) is 5.71. The maximum absolute atomic E-state index is 9.05. The summed E-state index contributed by atoms with van der Waals surface area (Å²) in [7, 11) is 1.81. The number of halogens is 1. The van der Waals surface area contributed by atoms with Crippen LogP contribution in [0.2, 0.25) is 5.28 Å². The van der Waals surface area contributed by atoms with Gasteiger partial charge in [0.1, 0.15) is 11.1 Å². The fraction of sp³-hybridized carbons (Fsp3) is 0.333. The maximum Gasteiger partial charge on any atom is 0.234 e. The molecule has 7 heteroatoms. The van der Waals surface area contributed by atoms with E-state index in [1.807, 2.05) is 27.1 Å². The van der Waals surface area contributed by atoms with E-state index < -0.39 is 0 Å². The average molecular weight is 354 g/mol. The Balaban J connectivity index is 1.73. The topological polar surface area (TPSA) is 76.6 Å². The Labute approximate surface area is 150 Å². The number of nitrogens with zero attached hydrogens (tertiary/aromatic N) is 5. The molecule has 1 saturated carbocycles. The van der Waals surface area contributed by atoms with Gasteiger partial charge < -0.3 is 4.74 Å². The summed E-state index contributed by atoms with van der Waals surface area (Å²) in [6, 6.07) is 6.52. The third kappa shape index (κ3) is 2.81. The van der Waals surface area contributed by atoms with Gasteiger partial charge in [0.15, 0.2) is 5.65 Å². The SMILES string of the molecule is Cc1cc(C2CC2C#N)cc(C)c1Oc1nc(Cl)nc2nn(C)cc12. The minimum absolute atomic E-state index is 0.1000. The van der Waals surface area contributed by atoms with E-state index in [1.165, 1.54) is 5.56 Å². The minimum atomic E-state index is 0.1000. The van der Waals surface area contributed by atoms with Crippen molar-refractivity contribution in [3.63, 3.8) is 0 Å². The molecule has 0 aliphatic heterocycles. The van der Waals surface area contributed by atoms with E-state index in [0.29, 0.717) is 22.8 Å². The van der Waals surface area contributed by atoms with Crippen molar-refractivity contribution in [3.8, 4) is 17.7 Å². The molecule has 25 heavy (non-hydrogen) atoms. The van der Waals surface area contributed by atoms with Crippen molar-refractivity contribution >= 4 is 22.6 Å². The van der Waals surface area contributed by atoms with Crippen LogP contribution < -0.4 is 4.74 Å². The van der Waals surface area contributed by atoms with Crippen LogP contribution in [0.15, 0.2) is 18.3 Å². The van der Waals surface area contributed by atoms with E-state index in [1.54, 1.807) is 4.68 Å². The zero-order valence-electron chi connectivity index (χ0n) is 14.1. The lowest BCUT2D eigenvalue weighted by Gasteiger charge is -2.13. The van der Waals surface area contributed by atoms with Gasteiger partial charge in [0.25, 0.3) is 0 Å². The molecule has 2 unspecified atom stereocenters. The molecule has 2 heterocycles. The molecule has 4 rings (SSSR count). The zero-order chi connectivity index (χ0) is 17.7. The Morgan fingerprint density at radius 3 is 2.64 bits per heavy atom. The Kier molecular flexibility index (Phi) is 3.62. The van der Waals surface area contributed by atoms with Gasteiger partial charge in [0.05, 0.1) is 12.0 Å². The van der Waals surface area contributed by atoms with Crippen molar-refractivity contribution in [2.75, 3.05) is 0 Å². The van der Waals surface area contributed by atoms with Crippen LogP contribution in [0.1, 0.15) is 29.0 Å². The number of ether oxygens (including phenoxy) is 1. The van der Waals surface area contributed by atoms with Crippen LogP contribution in [-0.2, 0) is 7.05 Å². The normalized spacial score (nSPS) is 19.0. The molecule has 3 aromatic rings. The lowest BCUT2D eigenvalue weighted by Crippen LogP contribution is -1.97. The van der Waals surface area contributed by atoms with Crippen LogP contribution in [0, 0.1) is 31.1 Å². The van der Waals surface area contributed by atoms with Crippen LogP contribution in [0.4, 0.5) is 0 Å². The number of fused-ring (bicyclic) bond motifs is 1. The van der Waals surface area contributed by atoms with Gasteiger partial charge in [-0.15, -0.1) is 0 Å². The molecular formula is C18H16ClN5O. The molecule has 0 bridgehead atoms. The van der Waals surface area contributed by atoms with E-state index in [9.17, 15) is 0 Å².